The molecule has 3 aromatic rings. The summed E-state index contributed by atoms with van der Waals surface area (Å²) in [6, 6.07) is 18.6. The average Bonchev–Trinajstić information content (AvgIpc) is 3.39. The molecule has 2 aliphatic heterocycles. The first-order valence-corrected chi connectivity index (χ1v) is 13.1. The molecule has 2 atom stereocenters. The van der Waals surface area contributed by atoms with E-state index in [0.717, 1.165) is 20.9 Å². The molecule has 2 aromatic carbocycles. The van der Waals surface area contributed by atoms with Gasteiger partial charge in [0.2, 0.25) is 5.91 Å². The van der Waals surface area contributed by atoms with E-state index in [-0.39, 0.29) is 11.3 Å². The van der Waals surface area contributed by atoms with Gasteiger partial charge in [-0.1, -0.05) is 65.2 Å². The fraction of sp³-hybridized carbons (Fsp3) is 0.217. The van der Waals surface area contributed by atoms with Gasteiger partial charge in [-0.15, -0.1) is 28.6 Å². The minimum Gasteiger partial charge on any atom is -0.448 e. The Bertz CT molecular complexity index is 1130. The van der Waals surface area contributed by atoms with Crippen molar-refractivity contribution in [2.75, 3.05) is 11.5 Å². The lowest BCUT2D eigenvalue weighted by Gasteiger charge is -2.48. The van der Waals surface area contributed by atoms with E-state index in [1.165, 1.54) is 16.4 Å². The molecule has 0 saturated carbocycles. The third-order valence-corrected chi connectivity index (χ3v) is 8.72. The molecule has 7 nitrogen and oxygen atoms in total. The van der Waals surface area contributed by atoms with Gasteiger partial charge in [-0.25, -0.2) is 4.79 Å². The molecule has 168 valence electrons. The minimum atomic E-state index is -0.600. The zero-order valence-electron chi connectivity index (χ0n) is 17.4. The Morgan fingerprint density at radius 2 is 1.82 bits per heavy atom. The van der Waals surface area contributed by atoms with Crippen LogP contribution in [0.5, 0.6) is 0 Å². The molecular formula is C23H20N4O3S3. The lowest BCUT2D eigenvalue weighted by atomic mass is 10.0. The molecule has 1 saturated heterocycles. The fourth-order valence-corrected chi connectivity index (χ4v) is 6.66. The van der Waals surface area contributed by atoms with E-state index in [2.05, 4.69) is 9.59 Å². The predicted octanol–water partition coefficient (Wildman–Crippen LogP) is 3.46. The Kier molecular flexibility index (Phi) is 6.50. The Hall–Kier alpha value is -2.66. The summed E-state index contributed by atoms with van der Waals surface area (Å²) in [5.74, 6) is 0.370. The molecule has 10 heteroatoms. The SMILES string of the molecule is NC1C(=O)N2C(C(=O)OC(c3ccccc3)c3ccccc3)=C(CSc3cnns3)CS[C@@H]12. The predicted molar refractivity (Wildman–Crippen MR) is 130 cm³/mol. The molecule has 0 bridgehead atoms. The van der Waals surface area contributed by atoms with Crippen molar-refractivity contribution < 1.29 is 14.3 Å². The number of nitrogens with zero attached hydrogens (tertiary/aromatic N) is 3. The first-order valence-electron chi connectivity index (χ1n) is 10.3. The van der Waals surface area contributed by atoms with Crippen LogP contribution in [0.3, 0.4) is 0 Å². The normalized spacial score (nSPS) is 19.9. The number of esters is 1. The summed E-state index contributed by atoms with van der Waals surface area (Å²) in [5, 5.41) is 3.62. The largest absolute Gasteiger partial charge is 0.448 e. The summed E-state index contributed by atoms with van der Waals surface area (Å²) in [7, 11) is 0. The van der Waals surface area contributed by atoms with Crippen LogP contribution >= 0.6 is 35.1 Å². The van der Waals surface area contributed by atoms with Gasteiger partial charge in [0.25, 0.3) is 0 Å². The van der Waals surface area contributed by atoms with Gasteiger partial charge in [0.15, 0.2) is 6.10 Å². The van der Waals surface area contributed by atoms with Crippen LogP contribution in [-0.2, 0) is 14.3 Å². The first kappa shape index (κ1) is 22.1. The van der Waals surface area contributed by atoms with Crippen molar-refractivity contribution in [2.45, 2.75) is 21.7 Å². The summed E-state index contributed by atoms with van der Waals surface area (Å²) in [6.07, 6.45) is 1.10. The molecule has 2 N–H and O–H groups in total. The lowest BCUT2D eigenvalue weighted by Crippen LogP contribution is -2.68. The lowest BCUT2D eigenvalue weighted by molar-refractivity contribution is -0.153. The standard InChI is InChI=1S/C23H20N4O3S3/c24-18-21(28)27-19(16(13-32-22(18)27)12-31-17-11-25-26-33-17)23(29)30-20(14-7-3-1-4-8-14)15-9-5-2-6-10-15/h1-11,18,20,22H,12-13,24H2/t18?,22-/m0/s1. The molecule has 3 heterocycles. The van der Waals surface area contributed by atoms with Crippen molar-refractivity contribution in [3.63, 3.8) is 0 Å². The van der Waals surface area contributed by atoms with Gasteiger partial charge < -0.3 is 10.5 Å². The van der Waals surface area contributed by atoms with Gasteiger partial charge in [0.05, 0.1) is 6.20 Å². The summed E-state index contributed by atoms with van der Waals surface area (Å²) in [6.45, 7) is 0. The van der Waals surface area contributed by atoms with Crippen molar-refractivity contribution >= 4 is 46.9 Å². The van der Waals surface area contributed by atoms with Gasteiger partial charge in [-0.3, -0.25) is 9.69 Å². The second-order valence-electron chi connectivity index (χ2n) is 7.52. The molecule has 2 aliphatic rings. The Morgan fingerprint density at radius 3 is 2.42 bits per heavy atom. The number of fused-ring (bicyclic) bond motifs is 1. The number of carbonyl (C=O) groups excluding carboxylic acids is 2. The Labute approximate surface area is 203 Å². The van der Waals surface area contributed by atoms with Crippen molar-refractivity contribution in [3.05, 3.63) is 89.3 Å². The van der Waals surface area contributed by atoms with E-state index in [4.69, 9.17) is 10.5 Å². The van der Waals surface area contributed by atoms with Gasteiger partial charge in [-0.05, 0) is 28.2 Å². The Balaban J connectivity index is 1.47. The number of carbonyl (C=O) groups is 2. The number of thioether (sulfide) groups is 2. The molecule has 33 heavy (non-hydrogen) atoms. The van der Waals surface area contributed by atoms with Crippen LogP contribution in [0, 0.1) is 0 Å². The highest BCUT2D eigenvalue weighted by Crippen LogP contribution is 2.42. The third kappa shape index (κ3) is 4.43. The molecule has 1 fully saturated rings. The quantitative estimate of drug-likeness (QED) is 0.302. The van der Waals surface area contributed by atoms with Gasteiger partial charge >= 0.3 is 5.97 Å². The molecule has 1 aromatic heterocycles. The van der Waals surface area contributed by atoms with E-state index in [9.17, 15) is 9.59 Å². The molecular weight excluding hydrogens is 476 g/mol. The second-order valence-corrected chi connectivity index (χ2v) is 10.7. The fourth-order valence-electron chi connectivity index (χ4n) is 3.81. The molecule has 0 radical (unpaired) electrons. The maximum Gasteiger partial charge on any atom is 0.356 e. The Morgan fingerprint density at radius 1 is 1.15 bits per heavy atom. The highest BCUT2D eigenvalue weighted by atomic mass is 32.2. The number of ether oxygens (including phenoxy) is 1. The number of hydrogen-bond acceptors (Lipinski definition) is 9. The molecule has 5 rings (SSSR count). The molecule has 0 aliphatic carbocycles. The number of aromatic nitrogens is 2. The van der Waals surface area contributed by atoms with Crippen LogP contribution in [0.4, 0.5) is 0 Å². The zero-order valence-corrected chi connectivity index (χ0v) is 19.8. The number of benzene rings is 2. The summed E-state index contributed by atoms with van der Waals surface area (Å²) in [4.78, 5) is 27.8. The second kappa shape index (κ2) is 9.68. The molecule has 0 spiro atoms. The molecule has 1 unspecified atom stereocenters. The van der Waals surface area contributed by atoms with Crippen LogP contribution in [0.25, 0.3) is 0 Å². The highest BCUT2D eigenvalue weighted by molar-refractivity contribution is 8.01. The maximum absolute atomic E-state index is 13.6. The highest BCUT2D eigenvalue weighted by Gasteiger charge is 2.52. The van der Waals surface area contributed by atoms with E-state index in [0.29, 0.717) is 17.2 Å². The zero-order chi connectivity index (χ0) is 22.8. The summed E-state index contributed by atoms with van der Waals surface area (Å²) < 4.78 is 10.9. The van der Waals surface area contributed by atoms with Gasteiger partial charge in [0, 0.05) is 11.5 Å². The summed E-state index contributed by atoms with van der Waals surface area (Å²) in [5.41, 5.74) is 8.89. The van der Waals surface area contributed by atoms with Crippen LogP contribution in [0.1, 0.15) is 17.2 Å². The van der Waals surface area contributed by atoms with Crippen LogP contribution in [0.15, 0.2) is 82.3 Å². The smallest absolute Gasteiger partial charge is 0.356 e. The monoisotopic (exact) mass is 496 g/mol. The van der Waals surface area contributed by atoms with Crippen molar-refractivity contribution in [1.29, 1.82) is 0 Å². The van der Waals surface area contributed by atoms with Crippen LogP contribution in [-0.4, -0.2) is 49.3 Å². The van der Waals surface area contributed by atoms with Gasteiger partial charge in [-0.2, -0.15) is 0 Å². The topological polar surface area (TPSA) is 98.4 Å². The van der Waals surface area contributed by atoms with Crippen molar-refractivity contribution in [1.82, 2.24) is 14.5 Å². The summed E-state index contributed by atoms with van der Waals surface area (Å²) >= 11 is 4.42. The number of hydrogen-bond donors (Lipinski definition) is 1. The third-order valence-electron chi connectivity index (χ3n) is 5.44. The van der Waals surface area contributed by atoms with E-state index < -0.39 is 18.1 Å². The minimum absolute atomic E-state index is 0.245. The maximum atomic E-state index is 13.6. The number of amides is 1. The first-order chi connectivity index (χ1) is 16.1. The molecule has 1 amide bonds. The average molecular weight is 497 g/mol. The van der Waals surface area contributed by atoms with Crippen molar-refractivity contribution in [2.24, 2.45) is 5.73 Å². The van der Waals surface area contributed by atoms with E-state index >= 15 is 0 Å². The van der Waals surface area contributed by atoms with Crippen LogP contribution in [0.2, 0.25) is 0 Å². The number of nitrogens with two attached hydrogens (primary N) is 1. The number of β-lactam (4-membered cyclic amide) rings is 1. The number of rotatable bonds is 7. The van der Waals surface area contributed by atoms with Crippen LogP contribution < -0.4 is 5.73 Å². The van der Waals surface area contributed by atoms with E-state index in [1.54, 1.807) is 29.7 Å². The van der Waals surface area contributed by atoms with Crippen molar-refractivity contribution in [3.8, 4) is 0 Å². The van der Waals surface area contributed by atoms with Gasteiger partial charge in [0.1, 0.15) is 21.3 Å². The van der Waals surface area contributed by atoms with E-state index in [1.807, 2.05) is 60.7 Å².